The summed E-state index contributed by atoms with van der Waals surface area (Å²) in [5.41, 5.74) is 3.73. The fourth-order valence-electron chi connectivity index (χ4n) is 1.32. The summed E-state index contributed by atoms with van der Waals surface area (Å²) in [6, 6.07) is 20.6. The van der Waals surface area contributed by atoms with Crippen LogP contribution in [0.3, 0.4) is 0 Å². The summed E-state index contributed by atoms with van der Waals surface area (Å²) in [6.07, 6.45) is 2.89. The molecule has 0 atom stereocenters. The van der Waals surface area contributed by atoms with E-state index in [-0.39, 0.29) is 47.5 Å². The molecule has 2 aromatic carbocycles. The van der Waals surface area contributed by atoms with Crippen LogP contribution in [0.15, 0.2) is 83.3 Å². The minimum absolute atomic E-state index is 0. The van der Waals surface area contributed by atoms with E-state index in [9.17, 15) is 8.42 Å². The number of benzene rings is 2. The SMILES string of the molecule is C=CCc1ccccc1.COS(=O)(=O)O.Cc1ccccc1.ClC=C(Cl)Cl.S.[NaH]. The maximum atomic E-state index is 9.33. The van der Waals surface area contributed by atoms with E-state index in [2.05, 4.69) is 42.0 Å². The third-order valence-corrected chi connectivity index (χ3v) is 3.54. The van der Waals surface area contributed by atoms with Gasteiger partial charge in [0.15, 0.2) is 0 Å². The van der Waals surface area contributed by atoms with Crippen LogP contribution >= 0.6 is 48.3 Å². The second-order valence-corrected chi connectivity index (χ2v) is 7.04. The molecule has 0 fully saturated rings. The standard InChI is InChI=1S/C9H10.C7H8.C2HCl3.CH4O4S.Na.H2S.H/c1-2-6-9-7-4-3-5-8-9;1-7-5-3-2-4-6-7;3-1-2(4)5;1-5-6(2,3)4;;;/h2-5,7-8H,1,6H2;2-6H,1H3;1H;1H3,(H,2,3,4);;1H2;. The van der Waals surface area contributed by atoms with Crippen LogP contribution < -0.4 is 0 Å². The van der Waals surface area contributed by atoms with Gasteiger partial charge in [-0.1, -0.05) is 107 Å². The molecule has 0 radical (unpaired) electrons. The summed E-state index contributed by atoms with van der Waals surface area (Å²) in [4.78, 5) is 0. The minimum atomic E-state index is -4.16. The van der Waals surface area contributed by atoms with E-state index in [4.69, 9.17) is 39.4 Å². The van der Waals surface area contributed by atoms with Crippen molar-refractivity contribution in [3.8, 4) is 0 Å². The molecule has 0 saturated carbocycles. The molecule has 160 valence electrons. The average molecular weight is 512 g/mol. The van der Waals surface area contributed by atoms with Gasteiger partial charge in [-0.2, -0.15) is 21.9 Å². The molecule has 4 nitrogen and oxygen atoms in total. The van der Waals surface area contributed by atoms with E-state index in [1.807, 2.05) is 42.5 Å². The average Bonchev–Trinajstić information content (AvgIpc) is 2.64. The topological polar surface area (TPSA) is 63.6 Å². The van der Waals surface area contributed by atoms with Crippen molar-refractivity contribution in [1.29, 1.82) is 0 Å². The maximum absolute atomic E-state index is 9.33. The summed E-state index contributed by atoms with van der Waals surface area (Å²) in [5.74, 6) is 0. The van der Waals surface area contributed by atoms with Crippen LogP contribution in [0, 0.1) is 6.92 Å². The number of aryl methyl sites for hydroxylation is 1. The van der Waals surface area contributed by atoms with E-state index in [1.54, 1.807) is 0 Å². The van der Waals surface area contributed by atoms with Gasteiger partial charge in [-0.25, -0.2) is 0 Å². The molecule has 0 aliphatic rings. The molecule has 0 aromatic heterocycles. The Balaban J connectivity index is -0.000000144. The second kappa shape index (κ2) is 24.3. The van der Waals surface area contributed by atoms with Crippen molar-refractivity contribution in [3.63, 3.8) is 0 Å². The fraction of sp³-hybridized carbons (Fsp3) is 0.158. The molecule has 0 spiro atoms. The van der Waals surface area contributed by atoms with E-state index < -0.39 is 10.4 Å². The summed E-state index contributed by atoms with van der Waals surface area (Å²) in [5, 5.41) is 0. The van der Waals surface area contributed by atoms with Crippen molar-refractivity contribution >= 4 is 88.3 Å². The van der Waals surface area contributed by atoms with Gasteiger partial charge in [0.05, 0.1) is 7.11 Å². The Morgan fingerprint density at radius 1 is 1.07 bits per heavy atom. The quantitative estimate of drug-likeness (QED) is 0.321. The van der Waals surface area contributed by atoms with Gasteiger partial charge in [0.1, 0.15) is 4.49 Å². The van der Waals surface area contributed by atoms with E-state index in [0.717, 1.165) is 19.1 Å². The Hall–Kier alpha value is 0.0100. The van der Waals surface area contributed by atoms with Crippen molar-refractivity contribution in [2.75, 3.05) is 7.11 Å². The molecule has 0 bridgehead atoms. The molecular weight excluding hydrogens is 486 g/mol. The van der Waals surface area contributed by atoms with Crippen LogP contribution in [0.4, 0.5) is 0 Å². The van der Waals surface area contributed by atoms with Crippen molar-refractivity contribution in [1.82, 2.24) is 0 Å². The number of allylic oxidation sites excluding steroid dienone is 1. The summed E-state index contributed by atoms with van der Waals surface area (Å²) in [6.45, 7) is 5.74. The van der Waals surface area contributed by atoms with Crippen LogP contribution in [0.5, 0.6) is 0 Å². The number of hydrogen-bond donors (Lipinski definition) is 1. The van der Waals surface area contributed by atoms with E-state index >= 15 is 0 Å². The van der Waals surface area contributed by atoms with Crippen molar-refractivity contribution < 1.29 is 17.2 Å². The Kier molecular flexibility index (Phi) is 30.5. The molecule has 29 heavy (non-hydrogen) atoms. The first-order chi connectivity index (χ1) is 12.7. The monoisotopic (exact) mass is 510 g/mol. The zero-order valence-electron chi connectivity index (χ0n) is 15.6. The van der Waals surface area contributed by atoms with Crippen molar-refractivity contribution in [2.45, 2.75) is 13.3 Å². The third-order valence-electron chi connectivity index (χ3n) is 2.46. The zero-order valence-corrected chi connectivity index (χ0v) is 19.6. The molecule has 0 unspecified atom stereocenters. The van der Waals surface area contributed by atoms with Crippen molar-refractivity contribution in [2.24, 2.45) is 0 Å². The van der Waals surface area contributed by atoms with Crippen LogP contribution in [0.2, 0.25) is 0 Å². The first kappa shape index (κ1) is 36.4. The molecule has 1 N–H and O–H groups in total. The molecule has 10 heteroatoms. The first-order valence-electron chi connectivity index (χ1n) is 7.47. The van der Waals surface area contributed by atoms with Gasteiger partial charge < -0.3 is 0 Å². The molecular formula is C19H26Cl3NaO4S2. The number of rotatable bonds is 3. The van der Waals surface area contributed by atoms with Gasteiger partial charge in [-0.3, -0.25) is 8.74 Å². The van der Waals surface area contributed by atoms with Gasteiger partial charge in [0, 0.05) is 5.54 Å². The van der Waals surface area contributed by atoms with Gasteiger partial charge in [0.25, 0.3) is 0 Å². The second-order valence-electron chi connectivity index (χ2n) is 4.63. The Labute approximate surface area is 218 Å². The van der Waals surface area contributed by atoms with Crippen LogP contribution in [-0.2, 0) is 21.0 Å². The zero-order chi connectivity index (χ0) is 21.1. The van der Waals surface area contributed by atoms with Gasteiger partial charge >= 0.3 is 40.0 Å². The van der Waals surface area contributed by atoms with Gasteiger partial charge in [-0.05, 0) is 18.9 Å². The summed E-state index contributed by atoms with van der Waals surface area (Å²) < 4.78 is 29.8. The Morgan fingerprint density at radius 2 is 1.41 bits per heavy atom. The van der Waals surface area contributed by atoms with E-state index in [1.165, 1.54) is 11.1 Å². The molecule has 0 amide bonds. The van der Waals surface area contributed by atoms with Gasteiger partial charge in [-0.15, -0.1) is 6.58 Å². The first-order valence-corrected chi connectivity index (χ1v) is 10.0. The fourth-order valence-corrected chi connectivity index (χ4v) is 1.32. The van der Waals surface area contributed by atoms with Crippen molar-refractivity contribution in [3.05, 3.63) is 94.5 Å². The predicted octanol–water partition coefficient (Wildman–Crippen LogP) is 5.81. The summed E-state index contributed by atoms with van der Waals surface area (Å²) >= 11 is 14.8. The number of halogens is 3. The Morgan fingerprint density at radius 3 is 1.62 bits per heavy atom. The van der Waals surface area contributed by atoms with Crippen LogP contribution in [0.25, 0.3) is 0 Å². The normalized spacial score (nSPS) is 8.48. The van der Waals surface area contributed by atoms with Crippen LogP contribution in [0.1, 0.15) is 11.1 Å². The van der Waals surface area contributed by atoms with Gasteiger partial charge in [0.2, 0.25) is 0 Å². The molecule has 2 rings (SSSR count). The molecule has 2 aromatic rings. The molecule has 0 heterocycles. The molecule has 0 saturated heterocycles. The number of hydrogen-bond acceptors (Lipinski definition) is 3. The van der Waals surface area contributed by atoms with Crippen LogP contribution in [-0.4, -0.2) is 49.6 Å². The third kappa shape index (κ3) is 32.9. The molecule has 0 aliphatic heterocycles. The molecule has 0 aliphatic carbocycles. The predicted molar refractivity (Wildman–Crippen MR) is 133 cm³/mol. The van der Waals surface area contributed by atoms with E-state index in [0.29, 0.717) is 0 Å². The summed E-state index contributed by atoms with van der Waals surface area (Å²) in [7, 11) is -3.29. The Bertz CT molecular complexity index is 741.